The monoisotopic (exact) mass is 529 g/mol. The third kappa shape index (κ3) is 3.09. The van der Waals surface area contributed by atoms with E-state index < -0.39 is 0 Å². The molecule has 1 spiro atoms. The van der Waals surface area contributed by atoms with Crippen LogP contribution in [0.4, 0.5) is 0 Å². The first-order chi connectivity index (χ1) is 20.3. The average Bonchev–Trinajstić information content (AvgIpc) is 3.52. The summed E-state index contributed by atoms with van der Waals surface area (Å²) in [6.45, 7) is 0.840. The van der Waals surface area contributed by atoms with Crippen LogP contribution in [0.15, 0.2) is 138 Å². The fourth-order valence-electron chi connectivity index (χ4n) is 8.13. The van der Waals surface area contributed by atoms with Crippen LogP contribution < -0.4 is 16.0 Å². The average molecular weight is 530 g/mol. The summed E-state index contributed by atoms with van der Waals surface area (Å²) < 4.78 is 0. The van der Waals surface area contributed by atoms with E-state index in [-0.39, 0.29) is 11.5 Å². The summed E-state index contributed by atoms with van der Waals surface area (Å²) in [5, 5.41) is 11.3. The summed E-state index contributed by atoms with van der Waals surface area (Å²) in [4.78, 5) is 0. The quantitative estimate of drug-likeness (QED) is 0.253. The number of rotatable bonds is 2. The number of allylic oxidation sites excluding steroid dienone is 4. The van der Waals surface area contributed by atoms with Crippen molar-refractivity contribution in [1.82, 2.24) is 16.0 Å². The van der Waals surface area contributed by atoms with E-state index in [1.54, 1.807) is 0 Å². The minimum Gasteiger partial charge on any atom is -0.387 e. The molecule has 0 bridgehead atoms. The number of benzene rings is 4. The van der Waals surface area contributed by atoms with Gasteiger partial charge >= 0.3 is 0 Å². The molecule has 4 aromatic carbocycles. The van der Waals surface area contributed by atoms with E-state index in [9.17, 15) is 0 Å². The third-order valence-corrected chi connectivity index (χ3v) is 9.79. The summed E-state index contributed by atoms with van der Waals surface area (Å²) in [6, 6.07) is 36.4. The molecule has 3 heteroatoms. The molecule has 2 unspecified atom stereocenters. The van der Waals surface area contributed by atoms with Crippen LogP contribution in [0.3, 0.4) is 0 Å². The fourth-order valence-corrected chi connectivity index (χ4v) is 8.13. The molecule has 3 N–H and O–H groups in total. The number of hydrogen-bond acceptors (Lipinski definition) is 3. The SMILES string of the molecule is C1=CC2=C(CN1)c1c(C3C=CC4=C(CCC(c5ccccc5)N4)N3)cccc1C21c2ccccc2-c2ccccc21. The molecule has 2 atom stereocenters. The van der Waals surface area contributed by atoms with Crippen LogP contribution >= 0.6 is 0 Å². The Bertz CT molecular complexity index is 1810. The second-order valence-electron chi connectivity index (χ2n) is 11.7. The van der Waals surface area contributed by atoms with Crippen LogP contribution in [-0.2, 0) is 5.41 Å². The minimum atomic E-state index is -0.287. The van der Waals surface area contributed by atoms with Crippen molar-refractivity contribution in [2.45, 2.75) is 30.3 Å². The van der Waals surface area contributed by atoms with Crippen molar-refractivity contribution in [3.05, 3.63) is 172 Å². The molecule has 5 aliphatic rings. The van der Waals surface area contributed by atoms with E-state index in [4.69, 9.17) is 0 Å². The smallest absolute Gasteiger partial charge is 0.0723 e. The van der Waals surface area contributed by atoms with Gasteiger partial charge in [0, 0.05) is 12.2 Å². The fraction of sp³-hybridized carbons (Fsp3) is 0.158. The molecule has 41 heavy (non-hydrogen) atoms. The molecule has 0 fully saturated rings. The highest BCUT2D eigenvalue weighted by Gasteiger charge is 2.53. The van der Waals surface area contributed by atoms with E-state index in [0.29, 0.717) is 6.04 Å². The van der Waals surface area contributed by atoms with E-state index in [2.05, 4.69) is 137 Å². The zero-order valence-corrected chi connectivity index (χ0v) is 22.8. The van der Waals surface area contributed by atoms with Crippen molar-refractivity contribution >= 4 is 5.57 Å². The number of fused-ring (bicyclic) bond motifs is 9. The molecular formula is C38H31N3. The Labute approximate surface area is 241 Å². The van der Waals surface area contributed by atoms with Gasteiger partial charge in [0.25, 0.3) is 0 Å². The molecule has 2 aliphatic carbocycles. The summed E-state index contributed by atoms with van der Waals surface area (Å²) in [5.41, 5.74) is 16.1. The van der Waals surface area contributed by atoms with Crippen molar-refractivity contribution in [3.63, 3.8) is 0 Å². The lowest BCUT2D eigenvalue weighted by Crippen LogP contribution is -2.34. The maximum absolute atomic E-state index is 3.96. The highest BCUT2D eigenvalue weighted by molar-refractivity contribution is 5.97. The summed E-state index contributed by atoms with van der Waals surface area (Å²) >= 11 is 0. The van der Waals surface area contributed by atoms with Gasteiger partial charge in [0.15, 0.2) is 0 Å². The Hall–Kier alpha value is -4.76. The Morgan fingerprint density at radius 3 is 2.22 bits per heavy atom. The Morgan fingerprint density at radius 1 is 0.683 bits per heavy atom. The number of dihydropyridines is 2. The Kier molecular flexibility index (Phi) is 4.83. The third-order valence-electron chi connectivity index (χ3n) is 9.79. The molecule has 0 amide bonds. The first-order valence-corrected chi connectivity index (χ1v) is 14.8. The summed E-state index contributed by atoms with van der Waals surface area (Å²) in [5.74, 6) is 0. The molecule has 3 aliphatic heterocycles. The summed E-state index contributed by atoms with van der Waals surface area (Å²) in [7, 11) is 0. The van der Waals surface area contributed by atoms with Gasteiger partial charge < -0.3 is 16.0 Å². The molecule has 0 aromatic heterocycles. The van der Waals surface area contributed by atoms with Gasteiger partial charge in [0.2, 0.25) is 0 Å². The molecule has 3 nitrogen and oxygen atoms in total. The number of hydrogen-bond donors (Lipinski definition) is 3. The van der Waals surface area contributed by atoms with Crippen LogP contribution in [0.1, 0.15) is 58.3 Å². The van der Waals surface area contributed by atoms with Gasteiger partial charge in [-0.05, 0) is 86.8 Å². The predicted octanol–water partition coefficient (Wildman–Crippen LogP) is 7.42. The molecule has 3 heterocycles. The standard InChI is InChI=1S/C38H31N3/c1-2-9-24(10-3-1)33-17-19-36-35(40-33)20-18-34(41-36)27-13-8-16-32-37(27)28-23-39-22-21-31(28)38(32)29-14-6-4-11-25(29)26-12-5-7-15-30(26)38/h1-16,18,20-22,33-34,39-41H,17,19,23H2. The van der Waals surface area contributed by atoms with Gasteiger partial charge in [-0.2, -0.15) is 0 Å². The van der Waals surface area contributed by atoms with Gasteiger partial charge in [-0.3, -0.25) is 0 Å². The lowest BCUT2D eigenvalue weighted by molar-refractivity contribution is 0.484. The highest BCUT2D eigenvalue weighted by Crippen LogP contribution is 2.63. The van der Waals surface area contributed by atoms with Crippen molar-refractivity contribution in [2.24, 2.45) is 0 Å². The van der Waals surface area contributed by atoms with E-state index in [1.165, 1.54) is 67.0 Å². The van der Waals surface area contributed by atoms with Gasteiger partial charge in [0.05, 0.1) is 23.2 Å². The van der Waals surface area contributed by atoms with Gasteiger partial charge in [-0.1, -0.05) is 103 Å². The predicted molar refractivity (Wildman–Crippen MR) is 166 cm³/mol. The van der Waals surface area contributed by atoms with E-state index >= 15 is 0 Å². The van der Waals surface area contributed by atoms with E-state index in [1.807, 2.05) is 0 Å². The van der Waals surface area contributed by atoms with Crippen LogP contribution in [0.2, 0.25) is 0 Å². The van der Waals surface area contributed by atoms with Crippen molar-refractivity contribution in [3.8, 4) is 11.1 Å². The second kappa shape index (κ2) is 8.62. The largest absolute Gasteiger partial charge is 0.387 e. The zero-order chi connectivity index (χ0) is 27.0. The lowest BCUT2D eigenvalue weighted by atomic mass is 9.69. The van der Waals surface area contributed by atoms with Crippen molar-refractivity contribution < 1.29 is 0 Å². The first kappa shape index (κ1) is 23.0. The minimum absolute atomic E-state index is 0.125. The molecular weight excluding hydrogens is 498 g/mol. The summed E-state index contributed by atoms with van der Waals surface area (Å²) in [6.07, 6.45) is 11.3. The second-order valence-corrected chi connectivity index (χ2v) is 11.7. The number of nitrogens with one attached hydrogen (secondary N) is 3. The molecule has 198 valence electrons. The molecule has 9 rings (SSSR count). The van der Waals surface area contributed by atoms with Gasteiger partial charge in [-0.15, -0.1) is 0 Å². The normalized spacial score (nSPS) is 22.2. The van der Waals surface area contributed by atoms with Crippen LogP contribution in [0, 0.1) is 0 Å². The molecule has 0 saturated carbocycles. The van der Waals surface area contributed by atoms with Gasteiger partial charge in [-0.25, -0.2) is 0 Å². The lowest BCUT2D eigenvalue weighted by Gasteiger charge is -2.35. The van der Waals surface area contributed by atoms with E-state index in [0.717, 1.165) is 19.4 Å². The Morgan fingerprint density at radius 2 is 1.41 bits per heavy atom. The van der Waals surface area contributed by atoms with Crippen LogP contribution in [0.25, 0.3) is 16.7 Å². The van der Waals surface area contributed by atoms with Gasteiger partial charge in [0.1, 0.15) is 0 Å². The molecule has 0 radical (unpaired) electrons. The first-order valence-electron chi connectivity index (χ1n) is 14.8. The molecule has 4 aromatic rings. The van der Waals surface area contributed by atoms with Crippen molar-refractivity contribution in [1.29, 1.82) is 0 Å². The maximum atomic E-state index is 3.96. The van der Waals surface area contributed by atoms with Crippen molar-refractivity contribution in [2.75, 3.05) is 6.54 Å². The highest BCUT2D eigenvalue weighted by atomic mass is 15.0. The van der Waals surface area contributed by atoms with Crippen LogP contribution in [-0.4, -0.2) is 6.54 Å². The molecule has 0 saturated heterocycles. The topological polar surface area (TPSA) is 36.1 Å². The van der Waals surface area contributed by atoms with Crippen LogP contribution in [0.5, 0.6) is 0 Å². The Balaban J connectivity index is 1.17. The zero-order valence-electron chi connectivity index (χ0n) is 22.8. The maximum Gasteiger partial charge on any atom is 0.0723 e.